The molecule has 0 heterocycles. The van der Waals surface area contributed by atoms with Crippen LogP contribution in [0.5, 0.6) is 5.75 Å². The van der Waals surface area contributed by atoms with Crippen LogP contribution in [0.25, 0.3) is 0 Å². The summed E-state index contributed by atoms with van der Waals surface area (Å²) in [5, 5.41) is 0. The average Bonchev–Trinajstić information content (AvgIpc) is 2.16. The lowest BCUT2D eigenvalue weighted by molar-refractivity contribution is 0.395. The van der Waals surface area contributed by atoms with Crippen LogP contribution in [0, 0.1) is 12.8 Å². The van der Waals surface area contributed by atoms with Gasteiger partial charge in [-0.25, -0.2) is 0 Å². The van der Waals surface area contributed by atoms with Crippen LogP contribution in [0.2, 0.25) is 0 Å². The summed E-state index contributed by atoms with van der Waals surface area (Å²) in [6.45, 7) is 6.31. The smallest absolute Gasteiger partial charge is 0.123 e. The minimum atomic E-state index is 0.0474. The summed E-state index contributed by atoms with van der Waals surface area (Å²) in [7, 11) is 1.69. The Kier molecular flexibility index (Phi) is 3.53. The van der Waals surface area contributed by atoms with E-state index in [4.69, 9.17) is 10.5 Å². The van der Waals surface area contributed by atoms with Crippen LogP contribution in [-0.4, -0.2) is 7.11 Å². The molecule has 0 saturated carbocycles. The molecule has 78 valence electrons. The third-order valence-electron chi connectivity index (χ3n) is 2.56. The number of benzene rings is 1. The van der Waals surface area contributed by atoms with Gasteiger partial charge in [0.1, 0.15) is 5.75 Å². The number of hydrogen-bond donors (Lipinski definition) is 1. The van der Waals surface area contributed by atoms with Crippen LogP contribution < -0.4 is 10.5 Å². The molecular weight excluding hydrogens is 174 g/mol. The van der Waals surface area contributed by atoms with Crippen molar-refractivity contribution < 1.29 is 4.74 Å². The zero-order valence-electron chi connectivity index (χ0n) is 9.37. The molecule has 1 aromatic rings. The van der Waals surface area contributed by atoms with E-state index in [2.05, 4.69) is 26.8 Å². The Morgan fingerprint density at radius 2 is 1.93 bits per heavy atom. The Bertz CT molecular complexity index is 307. The molecule has 0 saturated heterocycles. The van der Waals surface area contributed by atoms with E-state index in [0.29, 0.717) is 5.92 Å². The molecule has 2 heteroatoms. The molecule has 0 aliphatic heterocycles. The van der Waals surface area contributed by atoms with Gasteiger partial charge in [-0.2, -0.15) is 0 Å². The maximum atomic E-state index is 6.14. The molecule has 0 fully saturated rings. The summed E-state index contributed by atoms with van der Waals surface area (Å²) in [6.07, 6.45) is 0. The second-order valence-corrected chi connectivity index (χ2v) is 3.96. The van der Waals surface area contributed by atoms with Crippen molar-refractivity contribution in [2.45, 2.75) is 26.8 Å². The maximum Gasteiger partial charge on any atom is 0.123 e. The van der Waals surface area contributed by atoms with Crippen molar-refractivity contribution in [1.29, 1.82) is 0 Å². The first-order valence-corrected chi connectivity index (χ1v) is 4.97. The van der Waals surface area contributed by atoms with E-state index in [1.807, 2.05) is 12.1 Å². The van der Waals surface area contributed by atoms with Crippen LogP contribution in [0.4, 0.5) is 0 Å². The zero-order valence-corrected chi connectivity index (χ0v) is 9.37. The second kappa shape index (κ2) is 4.47. The van der Waals surface area contributed by atoms with E-state index in [9.17, 15) is 0 Å². The van der Waals surface area contributed by atoms with Crippen molar-refractivity contribution in [3.63, 3.8) is 0 Å². The lowest BCUT2D eigenvalue weighted by Crippen LogP contribution is -2.18. The number of aryl methyl sites for hydroxylation is 1. The van der Waals surface area contributed by atoms with Crippen LogP contribution >= 0.6 is 0 Å². The van der Waals surface area contributed by atoms with Gasteiger partial charge in [-0.05, 0) is 24.5 Å². The van der Waals surface area contributed by atoms with Crippen molar-refractivity contribution in [2.75, 3.05) is 7.11 Å². The maximum absolute atomic E-state index is 6.14. The summed E-state index contributed by atoms with van der Waals surface area (Å²) in [5.41, 5.74) is 8.46. The highest BCUT2D eigenvalue weighted by atomic mass is 16.5. The molecule has 0 amide bonds. The normalized spacial score (nSPS) is 13.0. The van der Waals surface area contributed by atoms with Gasteiger partial charge >= 0.3 is 0 Å². The highest BCUT2D eigenvalue weighted by Gasteiger charge is 2.16. The molecule has 1 rings (SSSR count). The van der Waals surface area contributed by atoms with E-state index >= 15 is 0 Å². The molecule has 0 radical (unpaired) electrons. The largest absolute Gasteiger partial charge is 0.496 e. The number of ether oxygens (including phenoxy) is 1. The molecular formula is C12H19NO. The molecule has 0 unspecified atom stereocenters. The Balaban J connectivity index is 3.16. The van der Waals surface area contributed by atoms with Gasteiger partial charge in [-0.3, -0.25) is 0 Å². The van der Waals surface area contributed by atoms with Gasteiger partial charge in [-0.15, -0.1) is 0 Å². The van der Waals surface area contributed by atoms with Gasteiger partial charge in [0.25, 0.3) is 0 Å². The van der Waals surface area contributed by atoms with Crippen LogP contribution in [-0.2, 0) is 0 Å². The number of rotatable bonds is 3. The predicted molar refractivity (Wildman–Crippen MR) is 59.5 cm³/mol. The molecule has 0 aliphatic carbocycles. The summed E-state index contributed by atoms with van der Waals surface area (Å²) >= 11 is 0. The number of nitrogens with two attached hydrogens (primary N) is 1. The molecule has 0 aliphatic rings. The number of methoxy groups -OCH3 is 1. The fourth-order valence-corrected chi connectivity index (χ4v) is 1.59. The lowest BCUT2D eigenvalue weighted by Gasteiger charge is -2.21. The van der Waals surface area contributed by atoms with Crippen molar-refractivity contribution in [3.05, 3.63) is 29.3 Å². The minimum absolute atomic E-state index is 0.0474. The SMILES string of the molecule is COc1cccc(C)c1[C@H](N)C(C)C. The third kappa shape index (κ3) is 2.07. The van der Waals surface area contributed by atoms with Gasteiger partial charge in [0.05, 0.1) is 7.11 Å². The highest BCUT2D eigenvalue weighted by molar-refractivity contribution is 5.41. The first kappa shape index (κ1) is 11.1. The molecule has 14 heavy (non-hydrogen) atoms. The summed E-state index contributed by atoms with van der Waals surface area (Å²) in [6, 6.07) is 6.07. The van der Waals surface area contributed by atoms with Crippen molar-refractivity contribution in [2.24, 2.45) is 11.7 Å². The highest BCUT2D eigenvalue weighted by Crippen LogP contribution is 2.30. The Morgan fingerprint density at radius 3 is 2.43 bits per heavy atom. The van der Waals surface area contributed by atoms with Gasteiger partial charge in [0.15, 0.2) is 0 Å². The Morgan fingerprint density at radius 1 is 1.29 bits per heavy atom. The molecule has 1 aromatic carbocycles. The third-order valence-corrected chi connectivity index (χ3v) is 2.56. The van der Waals surface area contributed by atoms with Crippen LogP contribution in [0.15, 0.2) is 18.2 Å². The minimum Gasteiger partial charge on any atom is -0.496 e. The van der Waals surface area contributed by atoms with Crippen LogP contribution in [0.1, 0.15) is 31.0 Å². The van der Waals surface area contributed by atoms with Gasteiger partial charge < -0.3 is 10.5 Å². The molecule has 2 N–H and O–H groups in total. The van der Waals surface area contributed by atoms with E-state index in [-0.39, 0.29) is 6.04 Å². The van der Waals surface area contributed by atoms with Crippen LogP contribution in [0.3, 0.4) is 0 Å². The fraction of sp³-hybridized carbons (Fsp3) is 0.500. The standard InChI is InChI=1S/C12H19NO/c1-8(2)12(13)11-9(3)6-5-7-10(11)14-4/h5-8,12H,13H2,1-4H3/t12-/m1/s1. The number of hydrogen-bond acceptors (Lipinski definition) is 2. The lowest BCUT2D eigenvalue weighted by atomic mass is 9.93. The van der Waals surface area contributed by atoms with E-state index in [0.717, 1.165) is 11.3 Å². The van der Waals surface area contributed by atoms with Gasteiger partial charge in [0.2, 0.25) is 0 Å². The van der Waals surface area contributed by atoms with E-state index < -0.39 is 0 Å². The van der Waals surface area contributed by atoms with Gasteiger partial charge in [-0.1, -0.05) is 26.0 Å². The van der Waals surface area contributed by atoms with E-state index in [1.165, 1.54) is 5.56 Å². The van der Waals surface area contributed by atoms with Crippen molar-refractivity contribution in [1.82, 2.24) is 0 Å². The van der Waals surface area contributed by atoms with E-state index in [1.54, 1.807) is 7.11 Å². The predicted octanol–water partition coefficient (Wildman–Crippen LogP) is 2.66. The second-order valence-electron chi connectivity index (χ2n) is 3.96. The quantitative estimate of drug-likeness (QED) is 0.801. The zero-order chi connectivity index (χ0) is 10.7. The first-order valence-electron chi connectivity index (χ1n) is 4.97. The van der Waals surface area contributed by atoms with Crippen molar-refractivity contribution in [3.8, 4) is 5.75 Å². The summed E-state index contributed by atoms with van der Waals surface area (Å²) < 4.78 is 5.32. The molecule has 0 spiro atoms. The monoisotopic (exact) mass is 193 g/mol. The Hall–Kier alpha value is -1.02. The molecule has 0 aromatic heterocycles. The molecule has 2 nitrogen and oxygen atoms in total. The van der Waals surface area contributed by atoms with Gasteiger partial charge in [0, 0.05) is 11.6 Å². The topological polar surface area (TPSA) is 35.2 Å². The summed E-state index contributed by atoms with van der Waals surface area (Å²) in [5.74, 6) is 1.32. The fourth-order valence-electron chi connectivity index (χ4n) is 1.59. The first-order chi connectivity index (χ1) is 6.57. The summed E-state index contributed by atoms with van der Waals surface area (Å²) in [4.78, 5) is 0. The molecule has 0 bridgehead atoms. The Labute approximate surface area is 86.1 Å². The van der Waals surface area contributed by atoms with Crippen molar-refractivity contribution >= 4 is 0 Å². The molecule has 1 atom stereocenters. The average molecular weight is 193 g/mol.